The number of allylic oxidation sites excluding steroid dienone is 4. The first-order valence-electron chi connectivity index (χ1n) is 13.0. The van der Waals surface area contributed by atoms with E-state index in [9.17, 15) is 4.79 Å². The SMILES string of the molecule is O=C(O)CCCC=CC[C@@H]1[C@H](CCSCCCC=CCCCc2ccccc2)[C@@H]2CC[C@H]1O2. The van der Waals surface area contributed by atoms with Crippen molar-refractivity contribution in [3.63, 3.8) is 0 Å². The summed E-state index contributed by atoms with van der Waals surface area (Å²) < 4.78 is 6.25. The van der Waals surface area contributed by atoms with Crippen molar-refractivity contribution in [3.05, 3.63) is 60.2 Å². The molecule has 4 atom stereocenters. The number of hydrogen-bond donors (Lipinski definition) is 1. The molecule has 3 rings (SSSR count). The van der Waals surface area contributed by atoms with Gasteiger partial charge in [0.1, 0.15) is 0 Å². The number of carboxylic acid groups (broad SMARTS) is 1. The summed E-state index contributed by atoms with van der Waals surface area (Å²) in [4.78, 5) is 10.6. The van der Waals surface area contributed by atoms with Crippen LogP contribution in [0, 0.1) is 11.8 Å². The average molecular weight is 471 g/mol. The molecule has 3 nitrogen and oxygen atoms in total. The van der Waals surface area contributed by atoms with E-state index >= 15 is 0 Å². The van der Waals surface area contributed by atoms with Crippen LogP contribution < -0.4 is 0 Å². The predicted octanol–water partition coefficient (Wildman–Crippen LogP) is 7.46. The van der Waals surface area contributed by atoms with E-state index in [0.29, 0.717) is 24.0 Å². The molecular weight excluding hydrogens is 428 g/mol. The number of carbonyl (C=O) groups is 1. The molecule has 2 bridgehead atoms. The van der Waals surface area contributed by atoms with Gasteiger partial charge in [0.2, 0.25) is 0 Å². The van der Waals surface area contributed by atoms with Gasteiger partial charge >= 0.3 is 5.97 Å². The van der Waals surface area contributed by atoms with Crippen molar-refractivity contribution >= 4 is 17.7 Å². The zero-order valence-corrected chi connectivity index (χ0v) is 20.9. The molecule has 1 aromatic carbocycles. The Bertz CT molecular complexity index is 730. The molecule has 0 saturated carbocycles. The van der Waals surface area contributed by atoms with E-state index < -0.39 is 5.97 Å². The van der Waals surface area contributed by atoms with Crippen LogP contribution in [0.3, 0.4) is 0 Å². The molecule has 2 fully saturated rings. The molecule has 0 radical (unpaired) electrons. The van der Waals surface area contributed by atoms with Crippen LogP contribution in [0.1, 0.15) is 76.2 Å². The van der Waals surface area contributed by atoms with E-state index in [-0.39, 0.29) is 6.42 Å². The third kappa shape index (κ3) is 9.70. The lowest BCUT2D eigenvalue weighted by molar-refractivity contribution is -0.137. The van der Waals surface area contributed by atoms with Gasteiger partial charge in [-0.3, -0.25) is 4.79 Å². The van der Waals surface area contributed by atoms with Crippen molar-refractivity contribution in [2.75, 3.05) is 11.5 Å². The molecule has 4 heteroatoms. The van der Waals surface area contributed by atoms with Crippen LogP contribution in [0.2, 0.25) is 0 Å². The molecule has 0 aromatic heterocycles. The fraction of sp³-hybridized carbons (Fsp3) is 0.621. The predicted molar refractivity (Wildman–Crippen MR) is 140 cm³/mol. The standard InChI is InChI=1S/C29H42O3S/c30-29(31)18-12-5-4-11-17-25-26(28-20-19-27(25)32-28)21-23-33-22-13-6-2-1-3-8-14-24-15-9-7-10-16-24/h1-2,4,7,9-11,15-16,25-28H,3,5-6,8,12-14,17-23H2,(H,30,31)/t25-,26+,27-,28+/m1/s1. The van der Waals surface area contributed by atoms with Crippen molar-refractivity contribution in [2.24, 2.45) is 11.8 Å². The summed E-state index contributed by atoms with van der Waals surface area (Å²) in [6.07, 6.45) is 22.9. The number of aryl methyl sites for hydroxylation is 1. The lowest BCUT2D eigenvalue weighted by Gasteiger charge is -2.27. The lowest BCUT2D eigenvalue weighted by atomic mass is 9.76. The van der Waals surface area contributed by atoms with Crippen molar-refractivity contribution in [1.82, 2.24) is 0 Å². The van der Waals surface area contributed by atoms with Gasteiger partial charge < -0.3 is 9.84 Å². The normalized spacial score (nSPS) is 24.4. The highest BCUT2D eigenvalue weighted by Gasteiger charge is 2.47. The van der Waals surface area contributed by atoms with Gasteiger partial charge in [0, 0.05) is 6.42 Å². The molecule has 0 aliphatic carbocycles. The number of rotatable bonds is 17. The Hall–Kier alpha value is -1.52. The van der Waals surface area contributed by atoms with Crippen molar-refractivity contribution in [3.8, 4) is 0 Å². The number of hydrogen-bond acceptors (Lipinski definition) is 3. The van der Waals surface area contributed by atoms with Gasteiger partial charge in [-0.05, 0) is 99.5 Å². The monoisotopic (exact) mass is 470 g/mol. The summed E-state index contributed by atoms with van der Waals surface area (Å²) in [6, 6.07) is 10.8. The second kappa shape index (κ2) is 15.4. The van der Waals surface area contributed by atoms with Crippen LogP contribution in [0.15, 0.2) is 54.6 Å². The number of aliphatic carboxylic acids is 1. The Morgan fingerprint density at radius 3 is 2.39 bits per heavy atom. The van der Waals surface area contributed by atoms with Gasteiger partial charge in [0.15, 0.2) is 0 Å². The van der Waals surface area contributed by atoms with Crippen molar-refractivity contribution in [1.29, 1.82) is 0 Å². The van der Waals surface area contributed by atoms with E-state index in [4.69, 9.17) is 9.84 Å². The number of benzene rings is 1. The fourth-order valence-electron chi connectivity index (χ4n) is 5.27. The molecule has 0 unspecified atom stereocenters. The minimum absolute atomic E-state index is 0.269. The van der Waals surface area contributed by atoms with Crippen molar-refractivity contribution < 1.29 is 14.6 Å². The Labute approximate surface area is 205 Å². The minimum atomic E-state index is -0.697. The van der Waals surface area contributed by atoms with Gasteiger partial charge in [0.25, 0.3) is 0 Å². The minimum Gasteiger partial charge on any atom is -0.481 e. The van der Waals surface area contributed by atoms with E-state index in [1.54, 1.807) is 0 Å². The largest absolute Gasteiger partial charge is 0.481 e. The molecule has 2 aliphatic heterocycles. The Morgan fingerprint density at radius 1 is 0.909 bits per heavy atom. The Balaban J connectivity index is 1.21. The molecule has 33 heavy (non-hydrogen) atoms. The molecule has 182 valence electrons. The first kappa shape index (κ1) is 26.1. The third-order valence-corrected chi connectivity index (χ3v) is 8.13. The molecule has 2 aliphatic rings. The van der Waals surface area contributed by atoms with Crippen LogP contribution in [0.5, 0.6) is 0 Å². The highest BCUT2D eigenvalue weighted by Crippen LogP contribution is 2.47. The maximum absolute atomic E-state index is 10.6. The topological polar surface area (TPSA) is 46.5 Å². The lowest BCUT2D eigenvalue weighted by Crippen LogP contribution is -2.27. The van der Waals surface area contributed by atoms with Crippen LogP contribution in [-0.2, 0) is 16.0 Å². The number of thioether (sulfide) groups is 1. The van der Waals surface area contributed by atoms with Crippen LogP contribution >= 0.6 is 11.8 Å². The molecule has 1 N–H and O–H groups in total. The van der Waals surface area contributed by atoms with E-state index in [1.165, 1.54) is 68.4 Å². The number of carboxylic acids is 1. The first-order valence-corrected chi connectivity index (χ1v) is 14.2. The average Bonchev–Trinajstić information content (AvgIpc) is 3.42. The Morgan fingerprint density at radius 2 is 1.61 bits per heavy atom. The molecule has 2 heterocycles. The summed E-state index contributed by atoms with van der Waals surface area (Å²) >= 11 is 2.11. The van der Waals surface area contributed by atoms with E-state index in [1.807, 2.05) is 0 Å². The maximum Gasteiger partial charge on any atom is 0.303 e. The van der Waals surface area contributed by atoms with Gasteiger partial charge in [-0.2, -0.15) is 11.8 Å². The zero-order chi connectivity index (χ0) is 23.1. The quantitative estimate of drug-likeness (QED) is 0.189. The number of ether oxygens (including phenoxy) is 1. The highest BCUT2D eigenvalue weighted by atomic mass is 32.2. The molecule has 1 aromatic rings. The van der Waals surface area contributed by atoms with E-state index in [2.05, 4.69) is 66.4 Å². The summed E-state index contributed by atoms with van der Waals surface area (Å²) in [6.45, 7) is 0. The van der Waals surface area contributed by atoms with Gasteiger partial charge in [-0.1, -0.05) is 54.6 Å². The third-order valence-electron chi connectivity index (χ3n) is 7.03. The van der Waals surface area contributed by atoms with Gasteiger partial charge in [-0.25, -0.2) is 0 Å². The molecule has 0 amide bonds. The Kier molecular flexibility index (Phi) is 12.2. The summed E-state index contributed by atoms with van der Waals surface area (Å²) in [5, 5.41) is 8.73. The van der Waals surface area contributed by atoms with E-state index in [0.717, 1.165) is 19.3 Å². The van der Waals surface area contributed by atoms with Gasteiger partial charge in [-0.15, -0.1) is 0 Å². The second-order valence-corrected chi connectivity index (χ2v) is 10.7. The van der Waals surface area contributed by atoms with Crippen LogP contribution in [0.25, 0.3) is 0 Å². The molecule has 2 saturated heterocycles. The summed E-state index contributed by atoms with van der Waals surface area (Å²) in [5.41, 5.74) is 1.44. The summed E-state index contributed by atoms with van der Waals surface area (Å²) in [7, 11) is 0. The molecular formula is C29H42O3S. The maximum atomic E-state index is 10.6. The number of fused-ring (bicyclic) bond motifs is 2. The number of unbranched alkanes of at least 4 members (excludes halogenated alkanes) is 3. The summed E-state index contributed by atoms with van der Waals surface area (Å²) in [5.74, 6) is 3.18. The van der Waals surface area contributed by atoms with Crippen LogP contribution in [0.4, 0.5) is 0 Å². The fourth-order valence-corrected chi connectivity index (χ4v) is 6.28. The molecule has 0 spiro atoms. The smallest absolute Gasteiger partial charge is 0.303 e. The zero-order valence-electron chi connectivity index (χ0n) is 20.1. The van der Waals surface area contributed by atoms with Crippen molar-refractivity contribution in [2.45, 2.75) is 89.3 Å². The van der Waals surface area contributed by atoms with Gasteiger partial charge in [0.05, 0.1) is 12.2 Å². The second-order valence-electron chi connectivity index (χ2n) is 9.50. The highest BCUT2D eigenvalue weighted by molar-refractivity contribution is 7.99. The first-order chi connectivity index (χ1) is 16.2. The van der Waals surface area contributed by atoms with Crippen LogP contribution in [-0.4, -0.2) is 34.8 Å².